The number of carbonyl (C=O) groups is 3. The molecule has 3 atom stereocenters. The van der Waals surface area contributed by atoms with Gasteiger partial charge in [0.2, 0.25) is 0 Å². The third kappa shape index (κ3) is 7.56. The molecule has 0 saturated heterocycles. The van der Waals surface area contributed by atoms with Crippen molar-refractivity contribution < 1.29 is 52.6 Å². The van der Waals surface area contributed by atoms with E-state index < -0.39 is 50.6 Å². The lowest BCUT2D eigenvalue weighted by Crippen LogP contribution is -2.48. The summed E-state index contributed by atoms with van der Waals surface area (Å²) in [6.45, 7) is -0.733. The highest BCUT2D eigenvalue weighted by atomic mass is 31.2. The van der Waals surface area contributed by atoms with E-state index in [9.17, 15) is 24.1 Å². The number of ether oxygens (including phenoxy) is 3. The van der Waals surface area contributed by atoms with E-state index >= 15 is 0 Å². The van der Waals surface area contributed by atoms with E-state index in [1.54, 1.807) is 36.4 Å². The summed E-state index contributed by atoms with van der Waals surface area (Å²) in [6.07, 6.45) is -5.60. The number of aliphatic hydroxyl groups excluding tert-OH is 1. The first-order valence-electron chi connectivity index (χ1n) is 9.10. The number of hydrogen-bond acceptors (Lipinski definition) is 9. The fourth-order valence-electron chi connectivity index (χ4n) is 2.56. The van der Waals surface area contributed by atoms with Gasteiger partial charge in [0.05, 0.1) is 11.1 Å². The smallest absolute Gasteiger partial charge is 0.459 e. The molecule has 172 valence electrons. The summed E-state index contributed by atoms with van der Waals surface area (Å²) in [5.41, 5.74) is 0.242. The quantitative estimate of drug-likeness (QED) is 0.337. The lowest BCUT2D eigenvalue weighted by molar-refractivity contribution is -0.162. The van der Waals surface area contributed by atoms with E-state index in [1.165, 1.54) is 24.3 Å². The largest absolute Gasteiger partial charge is 0.527 e. The van der Waals surface area contributed by atoms with Gasteiger partial charge in [-0.2, -0.15) is 0 Å². The molecule has 0 bridgehead atoms. The van der Waals surface area contributed by atoms with Crippen LogP contribution in [0.15, 0.2) is 60.7 Å². The van der Waals surface area contributed by atoms with Crippen LogP contribution in [0, 0.1) is 0 Å². The predicted octanol–water partition coefficient (Wildman–Crippen LogP) is 1.08. The highest BCUT2D eigenvalue weighted by Crippen LogP contribution is 2.37. The number of rotatable bonds is 10. The molecule has 0 fully saturated rings. The second-order valence-electron chi connectivity index (χ2n) is 6.32. The fourth-order valence-corrected chi connectivity index (χ4v) is 2.89. The second kappa shape index (κ2) is 11.5. The Kier molecular flexibility index (Phi) is 9.06. The molecule has 32 heavy (non-hydrogen) atoms. The Balaban J connectivity index is 2.21. The molecule has 0 aliphatic rings. The van der Waals surface area contributed by atoms with E-state index in [-0.39, 0.29) is 11.1 Å². The lowest BCUT2D eigenvalue weighted by Gasteiger charge is -2.28. The van der Waals surface area contributed by atoms with Crippen LogP contribution >= 0.6 is 7.82 Å². The van der Waals surface area contributed by atoms with Crippen LogP contribution in [-0.4, -0.2) is 64.8 Å². The third-order valence-corrected chi connectivity index (χ3v) is 4.44. The van der Waals surface area contributed by atoms with Gasteiger partial charge in [0.15, 0.2) is 12.2 Å². The summed E-state index contributed by atoms with van der Waals surface area (Å²) in [5.74, 6) is -3.38. The molecule has 0 aliphatic carbocycles. The molecule has 0 spiro atoms. The fraction of sp³-hybridized carbons (Fsp3) is 0.250. The average Bonchev–Trinajstić information content (AvgIpc) is 2.77. The van der Waals surface area contributed by atoms with E-state index in [0.717, 1.165) is 7.11 Å². The van der Waals surface area contributed by atoms with Crippen molar-refractivity contribution in [2.75, 3.05) is 13.7 Å². The number of aliphatic hydroxyl groups is 1. The summed E-state index contributed by atoms with van der Waals surface area (Å²) < 4.78 is 30.1. The van der Waals surface area contributed by atoms with Crippen LogP contribution in [0.4, 0.5) is 0 Å². The molecule has 2 rings (SSSR count). The van der Waals surface area contributed by atoms with Gasteiger partial charge < -0.3 is 23.8 Å². The standard InChI is InChI=1S/C20H21O11P/c1-28-17(20(24)31-32(25,26)27)16(30-19(23)14-10-6-3-7-11-14)15(21)12-29-18(22)13-8-4-2-5-9-13/h2-11,15-17,21H,12H2,1H3,(H2,25,26,27)/t15-,16-,17-/m1/s1. The first-order valence-corrected chi connectivity index (χ1v) is 10.6. The van der Waals surface area contributed by atoms with Gasteiger partial charge in [-0.3, -0.25) is 9.79 Å². The summed E-state index contributed by atoms with van der Waals surface area (Å²) in [5, 5.41) is 10.5. The van der Waals surface area contributed by atoms with Crippen molar-refractivity contribution in [1.29, 1.82) is 0 Å². The molecular formula is C20H21O11P. The van der Waals surface area contributed by atoms with Crippen LogP contribution in [-0.2, 0) is 28.1 Å². The Labute approximate surface area is 182 Å². The number of esters is 2. The lowest BCUT2D eigenvalue weighted by atomic mass is 10.1. The maximum atomic E-state index is 12.4. The van der Waals surface area contributed by atoms with Crippen LogP contribution in [0.25, 0.3) is 0 Å². The van der Waals surface area contributed by atoms with Crippen LogP contribution in [0.5, 0.6) is 0 Å². The molecule has 0 unspecified atom stereocenters. The van der Waals surface area contributed by atoms with Gasteiger partial charge in [0.25, 0.3) is 0 Å². The maximum absolute atomic E-state index is 12.4. The van der Waals surface area contributed by atoms with Gasteiger partial charge in [0, 0.05) is 7.11 Å². The van der Waals surface area contributed by atoms with E-state index in [0.29, 0.717) is 0 Å². The van der Waals surface area contributed by atoms with Crippen molar-refractivity contribution in [3.05, 3.63) is 71.8 Å². The molecule has 0 aromatic heterocycles. The van der Waals surface area contributed by atoms with Crippen LogP contribution < -0.4 is 0 Å². The van der Waals surface area contributed by atoms with Crippen LogP contribution in [0.1, 0.15) is 20.7 Å². The number of phosphoric ester groups is 1. The van der Waals surface area contributed by atoms with Crippen LogP contribution in [0.3, 0.4) is 0 Å². The van der Waals surface area contributed by atoms with Crippen molar-refractivity contribution in [2.45, 2.75) is 18.3 Å². The van der Waals surface area contributed by atoms with Crippen molar-refractivity contribution in [3.63, 3.8) is 0 Å². The number of methoxy groups -OCH3 is 1. The number of phosphoric acid groups is 1. The number of hydrogen-bond donors (Lipinski definition) is 3. The summed E-state index contributed by atoms with van der Waals surface area (Å²) in [4.78, 5) is 54.5. The molecule has 0 amide bonds. The molecule has 0 saturated carbocycles. The molecule has 0 heterocycles. The normalized spacial score (nSPS) is 14.0. The molecular weight excluding hydrogens is 447 g/mol. The zero-order chi connectivity index (χ0) is 23.7. The average molecular weight is 468 g/mol. The zero-order valence-electron chi connectivity index (χ0n) is 16.8. The molecule has 0 radical (unpaired) electrons. The Hall–Kier alpha value is -3.08. The van der Waals surface area contributed by atoms with Gasteiger partial charge in [-0.05, 0) is 24.3 Å². The summed E-state index contributed by atoms with van der Waals surface area (Å²) in [6, 6.07) is 15.3. The van der Waals surface area contributed by atoms with Gasteiger partial charge in [-0.15, -0.1) is 0 Å². The van der Waals surface area contributed by atoms with Crippen LogP contribution in [0.2, 0.25) is 0 Å². The molecule has 12 heteroatoms. The highest BCUT2D eigenvalue weighted by molar-refractivity contribution is 7.46. The highest BCUT2D eigenvalue weighted by Gasteiger charge is 2.41. The van der Waals surface area contributed by atoms with E-state index in [4.69, 9.17) is 24.0 Å². The number of carbonyl (C=O) groups excluding carboxylic acids is 3. The Morgan fingerprint density at radius 1 is 0.906 bits per heavy atom. The maximum Gasteiger partial charge on any atom is 0.527 e. The molecule has 11 nitrogen and oxygen atoms in total. The Morgan fingerprint density at radius 2 is 1.41 bits per heavy atom. The van der Waals surface area contributed by atoms with E-state index in [1.807, 2.05) is 0 Å². The first-order chi connectivity index (χ1) is 15.1. The first kappa shape index (κ1) is 25.2. The van der Waals surface area contributed by atoms with Gasteiger partial charge in [0.1, 0.15) is 12.7 Å². The van der Waals surface area contributed by atoms with Gasteiger partial charge >= 0.3 is 25.7 Å². The van der Waals surface area contributed by atoms with Crippen molar-refractivity contribution in [3.8, 4) is 0 Å². The van der Waals surface area contributed by atoms with E-state index in [2.05, 4.69) is 4.52 Å². The Bertz CT molecular complexity index is 958. The minimum atomic E-state index is -5.26. The molecule has 0 aliphatic heterocycles. The molecule has 3 N–H and O–H groups in total. The summed E-state index contributed by atoms with van der Waals surface area (Å²) >= 11 is 0. The molecule has 2 aromatic carbocycles. The number of benzene rings is 2. The minimum absolute atomic E-state index is 0.0594. The van der Waals surface area contributed by atoms with Gasteiger partial charge in [-0.1, -0.05) is 36.4 Å². The monoisotopic (exact) mass is 468 g/mol. The van der Waals surface area contributed by atoms with Crippen molar-refractivity contribution in [2.24, 2.45) is 0 Å². The Morgan fingerprint density at radius 3 is 1.88 bits per heavy atom. The minimum Gasteiger partial charge on any atom is -0.459 e. The second-order valence-corrected chi connectivity index (χ2v) is 7.49. The predicted molar refractivity (Wildman–Crippen MR) is 107 cm³/mol. The van der Waals surface area contributed by atoms with Crippen molar-refractivity contribution >= 4 is 25.7 Å². The van der Waals surface area contributed by atoms with Crippen molar-refractivity contribution in [1.82, 2.24) is 0 Å². The topological polar surface area (TPSA) is 166 Å². The zero-order valence-corrected chi connectivity index (χ0v) is 17.7. The summed E-state index contributed by atoms with van der Waals surface area (Å²) in [7, 11) is -4.29. The van der Waals surface area contributed by atoms with Gasteiger partial charge in [-0.25, -0.2) is 18.9 Å². The molecule has 2 aromatic rings. The third-order valence-electron chi connectivity index (χ3n) is 4.02. The SMILES string of the molecule is CO[C@@H](C(=O)OP(=O)(O)O)[C@H](OC(=O)c1ccccc1)[C@H](O)COC(=O)c1ccccc1.